The average Bonchev–Trinajstić information content (AvgIpc) is 2.59. The maximum atomic E-state index is 7.30. The van der Waals surface area contributed by atoms with Crippen molar-refractivity contribution in [3.8, 4) is 11.5 Å². The Morgan fingerprint density at radius 3 is 2.61 bits per heavy atom. The van der Waals surface area contributed by atoms with E-state index in [1.54, 1.807) is 7.11 Å². The number of rotatable bonds is 9. The number of benzene rings is 2. The third-order valence-electron chi connectivity index (χ3n) is 3.41. The third kappa shape index (κ3) is 5.69. The first kappa shape index (κ1) is 17.5. The molecule has 122 valence electrons. The van der Waals surface area contributed by atoms with E-state index in [0.717, 1.165) is 35.3 Å². The molecule has 2 aromatic carbocycles. The van der Waals surface area contributed by atoms with E-state index in [4.69, 9.17) is 14.9 Å². The van der Waals surface area contributed by atoms with Crippen molar-refractivity contribution in [2.75, 3.05) is 26.8 Å². The molecule has 2 aromatic rings. The number of ether oxygens (including phenoxy) is 2. The van der Waals surface area contributed by atoms with Gasteiger partial charge < -0.3 is 20.2 Å². The van der Waals surface area contributed by atoms with Crippen LogP contribution in [-0.2, 0) is 6.42 Å². The summed E-state index contributed by atoms with van der Waals surface area (Å²) in [6.45, 7) is 2.29. The van der Waals surface area contributed by atoms with Crippen LogP contribution in [0.25, 0.3) is 0 Å². The Labute approximate surface area is 145 Å². The van der Waals surface area contributed by atoms with Gasteiger partial charge in [-0.25, -0.2) is 0 Å². The van der Waals surface area contributed by atoms with Crippen LogP contribution in [0.3, 0.4) is 0 Å². The monoisotopic (exact) mass is 376 g/mol. The summed E-state index contributed by atoms with van der Waals surface area (Å²) in [7, 11) is 1.59. The van der Waals surface area contributed by atoms with Gasteiger partial charge >= 0.3 is 0 Å². The van der Waals surface area contributed by atoms with Gasteiger partial charge in [-0.15, -0.1) is 0 Å². The van der Waals surface area contributed by atoms with Crippen molar-refractivity contribution in [1.29, 1.82) is 5.41 Å². The fourth-order valence-corrected chi connectivity index (χ4v) is 2.41. The smallest absolute Gasteiger partial charge is 0.131 e. The van der Waals surface area contributed by atoms with Gasteiger partial charge in [0.05, 0.1) is 7.11 Å². The van der Waals surface area contributed by atoms with Crippen LogP contribution in [-0.4, -0.2) is 33.0 Å². The summed E-state index contributed by atoms with van der Waals surface area (Å²) < 4.78 is 12.0. The van der Waals surface area contributed by atoms with Gasteiger partial charge in [0.2, 0.25) is 0 Å². The second-order valence-corrected chi connectivity index (χ2v) is 5.94. The van der Waals surface area contributed by atoms with Crippen LogP contribution in [0.15, 0.2) is 46.9 Å². The van der Waals surface area contributed by atoms with Crippen LogP contribution in [0.1, 0.15) is 11.1 Å². The standard InChI is InChI=1S/C18H21BrN2O2/c1-22-18-12-17(7-4-15(18)13-20)23-11-10-21-9-8-14-2-5-16(19)6-3-14/h2-7,12-13,20-21H,8-11H2,1H3. The Kier molecular flexibility index (Phi) is 7.10. The molecule has 0 amide bonds. The molecule has 0 atom stereocenters. The first-order valence-electron chi connectivity index (χ1n) is 7.49. The predicted molar refractivity (Wildman–Crippen MR) is 97.1 cm³/mol. The summed E-state index contributed by atoms with van der Waals surface area (Å²) in [5.41, 5.74) is 2.06. The highest BCUT2D eigenvalue weighted by molar-refractivity contribution is 9.10. The molecule has 0 saturated heterocycles. The Morgan fingerprint density at radius 1 is 1.13 bits per heavy atom. The van der Waals surface area contributed by atoms with Crippen LogP contribution in [0.2, 0.25) is 0 Å². The van der Waals surface area contributed by atoms with Crippen molar-refractivity contribution in [1.82, 2.24) is 5.32 Å². The molecule has 23 heavy (non-hydrogen) atoms. The van der Waals surface area contributed by atoms with Crippen LogP contribution in [0, 0.1) is 5.41 Å². The van der Waals surface area contributed by atoms with E-state index in [-0.39, 0.29) is 0 Å². The lowest BCUT2D eigenvalue weighted by atomic mass is 10.1. The first-order valence-corrected chi connectivity index (χ1v) is 8.28. The molecule has 0 aromatic heterocycles. The van der Waals surface area contributed by atoms with Crippen LogP contribution in [0.5, 0.6) is 11.5 Å². The SMILES string of the molecule is COc1cc(OCCNCCc2ccc(Br)cc2)ccc1C=N. The fraction of sp³-hybridized carbons (Fsp3) is 0.278. The summed E-state index contributed by atoms with van der Waals surface area (Å²) in [6.07, 6.45) is 2.27. The molecule has 0 fully saturated rings. The third-order valence-corrected chi connectivity index (χ3v) is 3.94. The van der Waals surface area contributed by atoms with Crippen molar-refractivity contribution in [2.45, 2.75) is 6.42 Å². The molecule has 0 bridgehead atoms. The molecular weight excluding hydrogens is 356 g/mol. The largest absolute Gasteiger partial charge is 0.496 e. The van der Waals surface area contributed by atoms with Crippen molar-refractivity contribution >= 4 is 22.1 Å². The molecular formula is C18H21BrN2O2. The number of hydrogen-bond donors (Lipinski definition) is 2. The van der Waals surface area contributed by atoms with Gasteiger partial charge in [-0.05, 0) is 42.8 Å². The van der Waals surface area contributed by atoms with Gasteiger partial charge in [0.25, 0.3) is 0 Å². The van der Waals surface area contributed by atoms with Gasteiger partial charge in [-0.1, -0.05) is 28.1 Å². The molecule has 0 saturated carbocycles. The Morgan fingerprint density at radius 2 is 1.91 bits per heavy atom. The minimum atomic E-state index is 0.591. The molecule has 0 unspecified atom stereocenters. The van der Waals surface area contributed by atoms with E-state index in [1.165, 1.54) is 11.8 Å². The zero-order chi connectivity index (χ0) is 16.5. The highest BCUT2D eigenvalue weighted by Gasteiger charge is 2.02. The maximum Gasteiger partial charge on any atom is 0.131 e. The Hall–Kier alpha value is -1.85. The lowest BCUT2D eigenvalue weighted by molar-refractivity contribution is 0.312. The lowest BCUT2D eigenvalue weighted by Crippen LogP contribution is -2.23. The molecule has 5 heteroatoms. The van der Waals surface area contributed by atoms with Crippen molar-refractivity contribution in [3.05, 3.63) is 58.1 Å². The number of hydrogen-bond acceptors (Lipinski definition) is 4. The molecule has 0 aliphatic carbocycles. The van der Waals surface area contributed by atoms with Gasteiger partial charge in [-0.3, -0.25) is 0 Å². The highest BCUT2D eigenvalue weighted by Crippen LogP contribution is 2.23. The molecule has 2 rings (SSSR count). The number of nitrogens with one attached hydrogen (secondary N) is 2. The van der Waals surface area contributed by atoms with Crippen LogP contribution in [0.4, 0.5) is 0 Å². The molecule has 0 heterocycles. The number of halogens is 1. The van der Waals surface area contributed by atoms with E-state index in [9.17, 15) is 0 Å². The maximum absolute atomic E-state index is 7.30. The van der Waals surface area contributed by atoms with E-state index in [1.807, 2.05) is 18.2 Å². The van der Waals surface area contributed by atoms with Crippen molar-refractivity contribution < 1.29 is 9.47 Å². The van der Waals surface area contributed by atoms with Gasteiger partial charge in [-0.2, -0.15) is 0 Å². The summed E-state index contributed by atoms with van der Waals surface area (Å²) >= 11 is 3.44. The molecule has 0 radical (unpaired) electrons. The molecule has 4 nitrogen and oxygen atoms in total. The quantitative estimate of drug-likeness (QED) is 0.518. The molecule has 0 aliphatic rings. The Balaban J connectivity index is 1.67. The molecule has 2 N–H and O–H groups in total. The topological polar surface area (TPSA) is 54.3 Å². The summed E-state index contributed by atoms with van der Waals surface area (Å²) in [6, 6.07) is 13.8. The highest BCUT2D eigenvalue weighted by atomic mass is 79.9. The lowest BCUT2D eigenvalue weighted by Gasteiger charge is -2.10. The van der Waals surface area contributed by atoms with Crippen LogP contribution < -0.4 is 14.8 Å². The first-order chi connectivity index (χ1) is 11.2. The van der Waals surface area contributed by atoms with Gasteiger partial charge in [0.15, 0.2) is 0 Å². The molecule has 0 spiro atoms. The summed E-state index contributed by atoms with van der Waals surface area (Å²) in [4.78, 5) is 0. The van der Waals surface area contributed by atoms with Crippen molar-refractivity contribution in [3.63, 3.8) is 0 Å². The summed E-state index contributed by atoms with van der Waals surface area (Å²) in [5, 5.41) is 10.7. The van der Waals surface area contributed by atoms with E-state index < -0.39 is 0 Å². The predicted octanol–water partition coefficient (Wildman–Crippen LogP) is 3.67. The average molecular weight is 377 g/mol. The van der Waals surface area contributed by atoms with Crippen molar-refractivity contribution in [2.24, 2.45) is 0 Å². The second kappa shape index (κ2) is 9.33. The Bertz CT molecular complexity index is 629. The second-order valence-electron chi connectivity index (χ2n) is 5.02. The van der Waals surface area contributed by atoms with Gasteiger partial charge in [0.1, 0.15) is 18.1 Å². The van der Waals surface area contributed by atoms with E-state index >= 15 is 0 Å². The normalized spacial score (nSPS) is 10.3. The summed E-state index contributed by atoms with van der Waals surface area (Å²) in [5.74, 6) is 1.41. The fourth-order valence-electron chi connectivity index (χ4n) is 2.15. The minimum Gasteiger partial charge on any atom is -0.496 e. The zero-order valence-corrected chi connectivity index (χ0v) is 14.7. The van der Waals surface area contributed by atoms with Gasteiger partial charge in [0, 0.05) is 28.9 Å². The van der Waals surface area contributed by atoms with E-state index in [2.05, 4.69) is 45.5 Å². The van der Waals surface area contributed by atoms with E-state index in [0.29, 0.717) is 12.4 Å². The minimum absolute atomic E-state index is 0.591. The number of methoxy groups -OCH3 is 1. The zero-order valence-electron chi connectivity index (χ0n) is 13.1. The molecule has 0 aliphatic heterocycles. The van der Waals surface area contributed by atoms with Crippen LogP contribution >= 0.6 is 15.9 Å².